The Morgan fingerprint density at radius 2 is 1.67 bits per heavy atom. The van der Waals surface area contributed by atoms with Crippen molar-refractivity contribution in [2.45, 2.75) is 71.1 Å². The third-order valence-electron chi connectivity index (χ3n) is 5.82. The predicted octanol–water partition coefficient (Wildman–Crippen LogP) is 5.35. The zero-order valence-corrected chi connectivity index (χ0v) is 20.1. The molecule has 0 unspecified atom stereocenters. The zero-order valence-electron chi connectivity index (χ0n) is 20.1. The molecule has 178 valence electrons. The molecule has 6 nitrogen and oxygen atoms in total. The van der Waals surface area contributed by atoms with Gasteiger partial charge in [0.05, 0.1) is 18.7 Å². The normalized spacial score (nSPS) is 17.3. The lowest BCUT2D eigenvalue weighted by Crippen LogP contribution is -2.63. The molecule has 0 bridgehead atoms. The number of benzene rings is 2. The van der Waals surface area contributed by atoms with Gasteiger partial charge in [-0.1, -0.05) is 18.2 Å². The Kier molecular flexibility index (Phi) is 7.42. The number of carbonyl (C=O) groups excluding carboxylic acids is 2. The first kappa shape index (κ1) is 24.7. The lowest BCUT2D eigenvalue weighted by Gasteiger charge is -2.49. The van der Waals surface area contributed by atoms with Crippen LogP contribution in [0.25, 0.3) is 0 Å². The van der Waals surface area contributed by atoms with Crippen molar-refractivity contribution in [3.63, 3.8) is 0 Å². The number of piperidine rings is 1. The van der Waals surface area contributed by atoms with E-state index in [1.807, 2.05) is 0 Å². The van der Waals surface area contributed by atoms with Crippen LogP contribution in [0.2, 0.25) is 0 Å². The Hall–Kier alpha value is -2.93. The standard InChI is InChI=1S/C26H34FN3O3/c1-6-33-23(31)18-11-13-20(14-12-18)28-24(32)30(17-19-9-7-8-10-22(19)27)21-15-25(2,3)29-26(4,5)16-21/h7-14,21,29H,6,15-17H2,1-5H3,(H,28,32). The molecule has 7 heteroatoms. The van der Waals surface area contributed by atoms with Gasteiger partial charge in [0.25, 0.3) is 0 Å². The van der Waals surface area contributed by atoms with Crippen molar-refractivity contribution in [1.82, 2.24) is 10.2 Å². The van der Waals surface area contributed by atoms with E-state index in [0.29, 0.717) is 23.4 Å². The summed E-state index contributed by atoms with van der Waals surface area (Å²) in [5, 5.41) is 6.56. The van der Waals surface area contributed by atoms with Crippen LogP contribution in [0.1, 0.15) is 63.4 Å². The fourth-order valence-electron chi connectivity index (χ4n) is 4.77. The molecule has 0 aliphatic carbocycles. The number of halogens is 1. The molecule has 2 aromatic carbocycles. The SMILES string of the molecule is CCOC(=O)c1ccc(NC(=O)N(Cc2ccccc2F)C2CC(C)(C)NC(C)(C)C2)cc1. The maximum Gasteiger partial charge on any atom is 0.338 e. The number of nitrogens with zero attached hydrogens (tertiary/aromatic N) is 1. The Bertz CT molecular complexity index is 973. The summed E-state index contributed by atoms with van der Waals surface area (Å²) in [6.07, 6.45) is 1.47. The van der Waals surface area contributed by atoms with Crippen molar-refractivity contribution >= 4 is 17.7 Å². The average molecular weight is 456 g/mol. The Labute approximate surface area is 195 Å². The first-order chi connectivity index (χ1) is 15.5. The van der Waals surface area contributed by atoms with Crippen LogP contribution in [0.4, 0.5) is 14.9 Å². The minimum Gasteiger partial charge on any atom is -0.462 e. The molecule has 1 aliphatic heterocycles. The molecular formula is C26H34FN3O3. The number of carbonyl (C=O) groups is 2. The largest absolute Gasteiger partial charge is 0.462 e. The first-order valence-electron chi connectivity index (χ1n) is 11.4. The summed E-state index contributed by atoms with van der Waals surface area (Å²) >= 11 is 0. The number of urea groups is 1. The van der Waals surface area contributed by atoms with Gasteiger partial charge in [-0.05, 0) is 77.8 Å². The molecule has 1 heterocycles. The molecule has 33 heavy (non-hydrogen) atoms. The molecule has 2 N–H and O–H groups in total. The van der Waals surface area contributed by atoms with E-state index in [1.54, 1.807) is 54.3 Å². The van der Waals surface area contributed by atoms with Gasteiger partial charge in [-0.2, -0.15) is 0 Å². The smallest absolute Gasteiger partial charge is 0.338 e. The van der Waals surface area contributed by atoms with Crippen LogP contribution in [0, 0.1) is 5.82 Å². The number of amides is 2. The van der Waals surface area contributed by atoms with Gasteiger partial charge in [0.2, 0.25) is 0 Å². The zero-order chi connectivity index (χ0) is 24.2. The minimum absolute atomic E-state index is 0.0883. The third kappa shape index (κ3) is 6.54. The van der Waals surface area contributed by atoms with E-state index >= 15 is 0 Å². The third-order valence-corrected chi connectivity index (χ3v) is 5.82. The predicted molar refractivity (Wildman–Crippen MR) is 128 cm³/mol. The van der Waals surface area contributed by atoms with Gasteiger partial charge in [0.15, 0.2) is 0 Å². The highest BCUT2D eigenvalue weighted by molar-refractivity contribution is 5.92. The van der Waals surface area contributed by atoms with Gasteiger partial charge in [-0.25, -0.2) is 14.0 Å². The summed E-state index contributed by atoms with van der Waals surface area (Å²) < 4.78 is 19.5. The number of nitrogens with one attached hydrogen (secondary N) is 2. The highest BCUT2D eigenvalue weighted by atomic mass is 19.1. The lowest BCUT2D eigenvalue weighted by molar-refractivity contribution is 0.0526. The van der Waals surface area contributed by atoms with E-state index < -0.39 is 5.97 Å². The molecule has 2 aromatic rings. The van der Waals surface area contributed by atoms with Gasteiger partial charge in [0, 0.05) is 28.4 Å². The minimum atomic E-state index is -0.407. The van der Waals surface area contributed by atoms with Crippen LogP contribution < -0.4 is 10.6 Å². The number of esters is 1. The number of hydrogen-bond donors (Lipinski definition) is 2. The van der Waals surface area contributed by atoms with Crippen molar-refractivity contribution in [3.8, 4) is 0 Å². The fraction of sp³-hybridized carbons (Fsp3) is 0.462. The van der Waals surface area contributed by atoms with E-state index in [9.17, 15) is 14.0 Å². The molecule has 1 fully saturated rings. The van der Waals surface area contributed by atoms with Gasteiger partial charge < -0.3 is 20.3 Å². The van der Waals surface area contributed by atoms with E-state index in [0.717, 1.165) is 12.8 Å². The van der Waals surface area contributed by atoms with Crippen molar-refractivity contribution in [2.75, 3.05) is 11.9 Å². The second kappa shape index (κ2) is 9.91. The summed E-state index contributed by atoms with van der Waals surface area (Å²) in [4.78, 5) is 27.1. The summed E-state index contributed by atoms with van der Waals surface area (Å²) in [6, 6.07) is 12.7. The molecule has 0 radical (unpaired) electrons. The van der Waals surface area contributed by atoms with E-state index in [4.69, 9.17) is 4.74 Å². The van der Waals surface area contributed by atoms with Gasteiger partial charge in [-0.3, -0.25) is 0 Å². The van der Waals surface area contributed by atoms with E-state index in [2.05, 4.69) is 38.3 Å². The van der Waals surface area contributed by atoms with Crippen LogP contribution in [0.15, 0.2) is 48.5 Å². The first-order valence-corrected chi connectivity index (χ1v) is 11.4. The summed E-state index contributed by atoms with van der Waals surface area (Å²) in [6.45, 7) is 10.7. The lowest BCUT2D eigenvalue weighted by atomic mass is 9.79. The molecule has 3 rings (SSSR count). The quantitative estimate of drug-likeness (QED) is 0.577. The van der Waals surface area contributed by atoms with Crippen LogP contribution in [0.5, 0.6) is 0 Å². The molecule has 0 aromatic heterocycles. The van der Waals surface area contributed by atoms with E-state index in [-0.39, 0.29) is 35.5 Å². The molecule has 1 saturated heterocycles. The summed E-state index contributed by atoms with van der Waals surface area (Å²) in [5.74, 6) is -0.739. The topological polar surface area (TPSA) is 70.7 Å². The Morgan fingerprint density at radius 3 is 2.24 bits per heavy atom. The average Bonchev–Trinajstić information content (AvgIpc) is 2.71. The molecule has 0 saturated carbocycles. The number of rotatable bonds is 6. The number of hydrogen-bond acceptors (Lipinski definition) is 4. The van der Waals surface area contributed by atoms with E-state index in [1.165, 1.54) is 6.07 Å². The highest BCUT2D eigenvalue weighted by Crippen LogP contribution is 2.33. The second-order valence-electron chi connectivity index (χ2n) is 9.90. The van der Waals surface area contributed by atoms with Crippen molar-refractivity contribution < 1.29 is 18.7 Å². The highest BCUT2D eigenvalue weighted by Gasteiger charge is 2.41. The molecule has 0 spiro atoms. The fourth-order valence-corrected chi connectivity index (χ4v) is 4.77. The van der Waals surface area contributed by atoms with Crippen LogP contribution in [0.3, 0.4) is 0 Å². The van der Waals surface area contributed by atoms with Gasteiger partial charge >= 0.3 is 12.0 Å². The Morgan fingerprint density at radius 1 is 1.06 bits per heavy atom. The molecule has 0 atom stereocenters. The van der Waals surface area contributed by atoms with Crippen LogP contribution in [-0.4, -0.2) is 40.6 Å². The van der Waals surface area contributed by atoms with Crippen molar-refractivity contribution in [3.05, 3.63) is 65.5 Å². The summed E-state index contributed by atoms with van der Waals surface area (Å²) in [5.41, 5.74) is 1.08. The van der Waals surface area contributed by atoms with Crippen molar-refractivity contribution in [2.24, 2.45) is 0 Å². The maximum atomic E-state index is 14.5. The monoisotopic (exact) mass is 455 g/mol. The second-order valence-corrected chi connectivity index (χ2v) is 9.90. The molecule has 1 aliphatic rings. The van der Waals surface area contributed by atoms with Crippen molar-refractivity contribution in [1.29, 1.82) is 0 Å². The maximum absolute atomic E-state index is 14.5. The van der Waals surface area contributed by atoms with Gasteiger partial charge in [-0.15, -0.1) is 0 Å². The Balaban J connectivity index is 1.84. The molecular weight excluding hydrogens is 421 g/mol. The van der Waals surface area contributed by atoms with Crippen LogP contribution in [-0.2, 0) is 11.3 Å². The van der Waals surface area contributed by atoms with Crippen LogP contribution >= 0.6 is 0 Å². The summed E-state index contributed by atoms with van der Waals surface area (Å²) in [7, 11) is 0. The molecule has 2 amide bonds. The number of anilines is 1. The number of ether oxygens (including phenoxy) is 1. The van der Waals surface area contributed by atoms with Gasteiger partial charge in [0.1, 0.15) is 5.82 Å².